The first-order valence-electron chi connectivity index (χ1n) is 22.2. The topological polar surface area (TPSA) is 50.9 Å². The van der Waals surface area contributed by atoms with Gasteiger partial charge in [0.2, 0.25) is 0 Å². The lowest BCUT2D eigenvalue weighted by Gasteiger charge is -2.26. The summed E-state index contributed by atoms with van der Waals surface area (Å²) in [5.41, 5.74) is 16.0. The number of benzene rings is 10. The van der Waals surface area contributed by atoms with E-state index in [1.54, 1.807) is 0 Å². The van der Waals surface area contributed by atoms with Crippen LogP contribution in [-0.2, 0) is 0 Å². The van der Waals surface area contributed by atoms with E-state index in [1.165, 1.54) is 16.3 Å². The van der Waals surface area contributed by atoms with Crippen molar-refractivity contribution in [3.63, 3.8) is 0 Å². The van der Waals surface area contributed by atoms with E-state index in [-0.39, 0.29) is 0 Å². The van der Waals surface area contributed by atoms with Gasteiger partial charge in [0.25, 0.3) is 0 Å². The Morgan fingerprint density at radius 2 is 0.727 bits per heavy atom. The summed E-state index contributed by atoms with van der Waals surface area (Å²) in [6.45, 7) is 0. The summed E-state index contributed by atoms with van der Waals surface area (Å²) in [6, 6.07) is 87.5. The Kier molecular flexibility index (Phi) is 9.73. The van der Waals surface area contributed by atoms with Crippen LogP contribution in [0, 0.1) is 0 Å². The van der Waals surface area contributed by atoms with Gasteiger partial charge in [0.05, 0.1) is 22.1 Å². The zero-order valence-electron chi connectivity index (χ0n) is 35.9. The summed E-state index contributed by atoms with van der Waals surface area (Å²) in [7, 11) is 0. The number of nitrogens with zero attached hydrogens (tertiary/aromatic N) is 5. The molecule has 0 aliphatic carbocycles. The van der Waals surface area contributed by atoms with Crippen molar-refractivity contribution in [1.82, 2.24) is 19.1 Å². The molecule has 12 aromatic rings. The van der Waals surface area contributed by atoms with Gasteiger partial charge in [-0.3, -0.25) is 9.13 Å². The Balaban J connectivity index is 0.792. The van der Waals surface area contributed by atoms with Crippen LogP contribution in [0.2, 0.25) is 0 Å². The molecule has 0 radical (unpaired) electrons. The van der Waals surface area contributed by atoms with Crippen molar-refractivity contribution in [3.05, 3.63) is 249 Å². The first-order valence-corrected chi connectivity index (χ1v) is 22.2. The van der Waals surface area contributed by atoms with E-state index in [9.17, 15) is 0 Å². The number of para-hydroxylation sites is 7. The standard InChI is InChI=1S/C60H42N6/c1-4-14-50(15-5-1)64(53-37-30-44(31-38-53)60-63-56-21-11-13-23-58(56)66(60)52-18-8-3-9-19-52)54-39-32-46-40-45(24-25-47(46)41-54)42-26-33-48(34-27-42)61-49-35-28-43(29-36-49)59-62-55-20-10-12-22-57(55)65(59)51-16-6-2-7-17-51/h1-41,61H. The molecule has 0 amide bonds. The lowest BCUT2D eigenvalue weighted by Crippen LogP contribution is -2.09. The highest BCUT2D eigenvalue weighted by Crippen LogP contribution is 2.39. The maximum atomic E-state index is 5.10. The fourth-order valence-corrected chi connectivity index (χ4v) is 9.07. The summed E-state index contributed by atoms with van der Waals surface area (Å²) in [5, 5.41) is 5.95. The molecule has 0 spiro atoms. The van der Waals surface area contributed by atoms with Crippen molar-refractivity contribution < 1.29 is 0 Å². The molecule has 0 aliphatic heterocycles. The zero-order valence-corrected chi connectivity index (χ0v) is 35.9. The van der Waals surface area contributed by atoms with Gasteiger partial charge in [-0.05, 0) is 161 Å². The maximum Gasteiger partial charge on any atom is 0.145 e. The minimum Gasteiger partial charge on any atom is -0.356 e. The molecule has 6 nitrogen and oxygen atoms in total. The molecule has 2 heterocycles. The molecule has 0 bridgehead atoms. The Hall–Kier alpha value is -9.00. The second-order valence-corrected chi connectivity index (χ2v) is 16.4. The van der Waals surface area contributed by atoms with Gasteiger partial charge in [0.15, 0.2) is 0 Å². The third-order valence-corrected chi connectivity index (χ3v) is 12.3. The number of anilines is 5. The molecule has 0 atom stereocenters. The van der Waals surface area contributed by atoms with Gasteiger partial charge in [0, 0.05) is 50.9 Å². The zero-order chi connectivity index (χ0) is 43.8. The molecule has 0 fully saturated rings. The molecular formula is C60H42N6. The SMILES string of the molecule is c1ccc(N(c2ccc(-c3nc4ccccc4n3-c3ccccc3)cc2)c2ccc3cc(-c4ccc(Nc5ccc(-c6nc7ccccc7n6-c6ccccc6)cc5)cc4)ccc3c2)cc1. The predicted octanol–water partition coefficient (Wildman–Crippen LogP) is 15.7. The number of hydrogen-bond acceptors (Lipinski definition) is 4. The van der Waals surface area contributed by atoms with Crippen LogP contribution in [0.25, 0.3) is 78.1 Å². The molecule has 66 heavy (non-hydrogen) atoms. The average Bonchev–Trinajstić information content (AvgIpc) is 3.98. The van der Waals surface area contributed by atoms with Crippen LogP contribution in [0.15, 0.2) is 249 Å². The highest BCUT2D eigenvalue weighted by Gasteiger charge is 2.18. The lowest BCUT2D eigenvalue weighted by atomic mass is 10.00. The van der Waals surface area contributed by atoms with Crippen molar-refractivity contribution >= 4 is 61.3 Å². The average molecular weight is 847 g/mol. The highest BCUT2D eigenvalue weighted by atomic mass is 15.1. The Labute approximate surface area is 383 Å². The molecule has 10 aromatic carbocycles. The molecule has 0 unspecified atom stereocenters. The Morgan fingerprint density at radius 1 is 0.318 bits per heavy atom. The van der Waals surface area contributed by atoms with Crippen LogP contribution in [0.1, 0.15) is 0 Å². The molecule has 12 rings (SSSR count). The number of rotatable bonds is 10. The maximum absolute atomic E-state index is 5.10. The van der Waals surface area contributed by atoms with Crippen LogP contribution in [0.3, 0.4) is 0 Å². The van der Waals surface area contributed by atoms with Gasteiger partial charge in [-0.25, -0.2) is 9.97 Å². The lowest BCUT2D eigenvalue weighted by molar-refractivity contribution is 1.10. The summed E-state index contributed by atoms with van der Waals surface area (Å²) < 4.78 is 4.47. The highest BCUT2D eigenvalue weighted by molar-refractivity contribution is 5.93. The molecule has 2 aromatic heterocycles. The van der Waals surface area contributed by atoms with Crippen LogP contribution < -0.4 is 10.2 Å². The quantitative estimate of drug-likeness (QED) is 0.149. The van der Waals surface area contributed by atoms with Gasteiger partial charge in [-0.2, -0.15) is 0 Å². The molecule has 6 heteroatoms. The Bertz CT molecular complexity index is 3630. The van der Waals surface area contributed by atoms with Crippen LogP contribution in [0.4, 0.5) is 28.4 Å². The van der Waals surface area contributed by atoms with E-state index < -0.39 is 0 Å². The second-order valence-electron chi connectivity index (χ2n) is 16.4. The number of hydrogen-bond donors (Lipinski definition) is 1. The fourth-order valence-electron chi connectivity index (χ4n) is 9.07. The summed E-state index contributed by atoms with van der Waals surface area (Å²) in [6.07, 6.45) is 0. The van der Waals surface area contributed by atoms with Gasteiger partial charge < -0.3 is 10.2 Å². The third-order valence-electron chi connectivity index (χ3n) is 12.3. The van der Waals surface area contributed by atoms with Gasteiger partial charge in [-0.1, -0.05) is 109 Å². The van der Waals surface area contributed by atoms with Crippen LogP contribution >= 0.6 is 0 Å². The minimum atomic E-state index is 0.913. The van der Waals surface area contributed by atoms with Crippen LogP contribution in [-0.4, -0.2) is 19.1 Å². The van der Waals surface area contributed by atoms with Crippen molar-refractivity contribution in [2.45, 2.75) is 0 Å². The monoisotopic (exact) mass is 846 g/mol. The number of fused-ring (bicyclic) bond motifs is 3. The third kappa shape index (κ3) is 7.22. The smallest absolute Gasteiger partial charge is 0.145 e. The van der Waals surface area contributed by atoms with Gasteiger partial charge >= 0.3 is 0 Å². The van der Waals surface area contributed by atoms with Crippen molar-refractivity contribution in [2.24, 2.45) is 0 Å². The molecule has 312 valence electrons. The second kappa shape index (κ2) is 16.6. The van der Waals surface area contributed by atoms with Gasteiger partial charge in [-0.15, -0.1) is 0 Å². The molecule has 0 saturated heterocycles. The van der Waals surface area contributed by atoms with Crippen molar-refractivity contribution in [2.75, 3.05) is 10.2 Å². The van der Waals surface area contributed by atoms with Crippen molar-refractivity contribution in [3.8, 4) is 45.3 Å². The van der Waals surface area contributed by atoms with E-state index in [1.807, 2.05) is 24.3 Å². The largest absolute Gasteiger partial charge is 0.356 e. The van der Waals surface area contributed by atoms with Crippen molar-refractivity contribution in [1.29, 1.82) is 0 Å². The van der Waals surface area contributed by atoms with Crippen LogP contribution in [0.5, 0.6) is 0 Å². The summed E-state index contributed by atoms with van der Waals surface area (Å²) in [4.78, 5) is 12.5. The fraction of sp³-hybridized carbons (Fsp3) is 0. The van der Waals surface area contributed by atoms with E-state index in [2.05, 4.69) is 244 Å². The van der Waals surface area contributed by atoms with Gasteiger partial charge in [0.1, 0.15) is 11.6 Å². The number of imidazole rings is 2. The number of aromatic nitrogens is 4. The number of nitrogens with one attached hydrogen (secondary N) is 1. The summed E-state index contributed by atoms with van der Waals surface area (Å²) >= 11 is 0. The van der Waals surface area contributed by atoms with E-state index >= 15 is 0 Å². The molecular weight excluding hydrogens is 805 g/mol. The Morgan fingerprint density at radius 3 is 1.29 bits per heavy atom. The first kappa shape index (κ1) is 38.7. The minimum absolute atomic E-state index is 0.913. The predicted molar refractivity (Wildman–Crippen MR) is 274 cm³/mol. The molecule has 1 N–H and O–H groups in total. The first-order chi connectivity index (χ1) is 32.7. The summed E-state index contributed by atoms with van der Waals surface area (Å²) in [5.74, 6) is 1.83. The normalized spacial score (nSPS) is 11.3. The van der Waals surface area contributed by atoms with E-state index in [0.29, 0.717) is 0 Å². The molecule has 0 aliphatic rings. The van der Waals surface area contributed by atoms with E-state index in [0.717, 1.165) is 90.2 Å². The molecule has 0 saturated carbocycles. The van der Waals surface area contributed by atoms with E-state index in [4.69, 9.17) is 9.97 Å².